The van der Waals surface area contributed by atoms with Crippen molar-refractivity contribution in [2.45, 2.75) is 45.1 Å². The molecule has 3 aromatic rings. The van der Waals surface area contributed by atoms with Gasteiger partial charge in [0.25, 0.3) is 0 Å². The van der Waals surface area contributed by atoms with Gasteiger partial charge in [-0.2, -0.15) is 0 Å². The maximum atomic E-state index is 9.89. The average Bonchev–Trinajstić information content (AvgIpc) is 3.53. The van der Waals surface area contributed by atoms with Crippen LogP contribution in [0.15, 0.2) is 52.2 Å². The zero-order valence-electron chi connectivity index (χ0n) is 20.3. The lowest BCUT2D eigenvalue weighted by Crippen LogP contribution is -2.56. The summed E-state index contributed by atoms with van der Waals surface area (Å²) >= 11 is 6.55. The highest BCUT2D eigenvalue weighted by molar-refractivity contribution is 6.30. The molecule has 0 spiro atoms. The molecule has 0 bridgehead atoms. The quantitative estimate of drug-likeness (QED) is 0.411. The van der Waals surface area contributed by atoms with Crippen molar-refractivity contribution in [3.05, 3.63) is 64.6 Å². The summed E-state index contributed by atoms with van der Waals surface area (Å²) in [6.45, 7) is 6.82. The van der Waals surface area contributed by atoms with Gasteiger partial charge in [0.05, 0.1) is 23.7 Å². The number of rotatable bonds is 5. The number of amidine groups is 1. The zero-order valence-corrected chi connectivity index (χ0v) is 21.0. The van der Waals surface area contributed by atoms with Gasteiger partial charge in [0, 0.05) is 38.2 Å². The van der Waals surface area contributed by atoms with Gasteiger partial charge in [0.2, 0.25) is 5.89 Å². The van der Waals surface area contributed by atoms with E-state index in [9.17, 15) is 5.11 Å². The van der Waals surface area contributed by atoms with Crippen LogP contribution in [0.2, 0.25) is 5.02 Å². The number of nitrogens with two attached hydrogens (primary N) is 1. The SMILES string of the molecule is CN=C(C)N1c2cc(-c3ncco3)n(Cc3cc(Cl)cc(CN4CCC(O)C4)c3)c2C=CC1(C)N. The van der Waals surface area contributed by atoms with Crippen LogP contribution in [-0.2, 0) is 13.1 Å². The number of hydrogen-bond acceptors (Lipinski definition) is 6. The molecule has 1 fully saturated rings. The van der Waals surface area contributed by atoms with E-state index in [1.807, 2.05) is 37.0 Å². The number of hydrogen-bond donors (Lipinski definition) is 2. The Kier molecular flexibility index (Phi) is 6.31. The van der Waals surface area contributed by atoms with Gasteiger partial charge in [0.15, 0.2) is 0 Å². The first-order valence-electron chi connectivity index (χ1n) is 11.8. The molecule has 35 heavy (non-hydrogen) atoms. The van der Waals surface area contributed by atoms with Crippen molar-refractivity contribution < 1.29 is 9.52 Å². The van der Waals surface area contributed by atoms with Gasteiger partial charge in [-0.1, -0.05) is 17.7 Å². The highest BCUT2D eigenvalue weighted by Gasteiger charge is 2.35. The number of oxazole rings is 1. The van der Waals surface area contributed by atoms with E-state index >= 15 is 0 Å². The van der Waals surface area contributed by atoms with Crippen LogP contribution >= 0.6 is 11.6 Å². The third kappa shape index (κ3) is 4.67. The number of benzene rings is 1. The Hall–Kier alpha value is -2.91. The van der Waals surface area contributed by atoms with Crippen molar-refractivity contribution >= 4 is 29.2 Å². The average molecular weight is 495 g/mol. The summed E-state index contributed by atoms with van der Waals surface area (Å²) in [4.78, 5) is 13.1. The summed E-state index contributed by atoms with van der Waals surface area (Å²) < 4.78 is 7.88. The summed E-state index contributed by atoms with van der Waals surface area (Å²) in [7, 11) is 1.77. The Labute approximate surface area is 210 Å². The minimum atomic E-state index is -0.722. The first kappa shape index (κ1) is 23.8. The van der Waals surface area contributed by atoms with Crippen LogP contribution in [0, 0.1) is 0 Å². The number of β-amino-alcohol motifs (C(OH)–C–C–N with tert-alkyl or cyclic N) is 1. The summed E-state index contributed by atoms with van der Waals surface area (Å²) in [5.41, 5.74) is 10.9. The van der Waals surface area contributed by atoms with Gasteiger partial charge in [-0.15, -0.1) is 0 Å². The van der Waals surface area contributed by atoms with E-state index in [4.69, 9.17) is 21.8 Å². The van der Waals surface area contributed by atoms with Crippen LogP contribution in [0.25, 0.3) is 17.7 Å². The molecule has 2 atom stereocenters. The van der Waals surface area contributed by atoms with Crippen LogP contribution < -0.4 is 10.6 Å². The molecule has 5 rings (SSSR count). The third-order valence-corrected chi connectivity index (χ3v) is 6.95. The molecule has 1 aromatic carbocycles. The minimum absolute atomic E-state index is 0.249. The molecular formula is C26H31ClN6O2. The molecule has 2 aromatic heterocycles. The molecule has 1 saturated heterocycles. The molecule has 2 aliphatic heterocycles. The predicted molar refractivity (Wildman–Crippen MR) is 140 cm³/mol. The second-order valence-electron chi connectivity index (χ2n) is 9.53. The monoisotopic (exact) mass is 494 g/mol. The zero-order chi connectivity index (χ0) is 24.7. The van der Waals surface area contributed by atoms with E-state index in [-0.39, 0.29) is 6.10 Å². The molecular weight excluding hydrogens is 464 g/mol. The van der Waals surface area contributed by atoms with Crippen molar-refractivity contribution in [1.29, 1.82) is 0 Å². The van der Waals surface area contributed by atoms with Gasteiger partial charge in [-0.3, -0.25) is 9.89 Å². The smallest absolute Gasteiger partial charge is 0.243 e. The van der Waals surface area contributed by atoms with E-state index in [1.165, 1.54) is 0 Å². The van der Waals surface area contributed by atoms with Crippen molar-refractivity contribution in [3.8, 4) is 11.6 Å². The number of aliphatic imine (C=N–C) groups is 1. The molecule has 2 unspecified atom stereocenters. The molecule has 4 heterocycles. The summed E-state index contributed by atoms with van der Waals surface area (Å²) in [5, 5.41) is 10.6. The summed E-state index contributed by atoms with van der Waals surface area (Å²) in [6.07, 6.45) is 7.83. The van der Waals surface area contributed by atoms with Gasteiger partial charge in [-0.05, 0) is 61.7 Å². The van der Waals surface area contributed by atoms with Crippen molar-refractivity contribution in [3.63, 3.8) is 0 Å². The number of aromatic nitrogens is 2. The van der Waals surface area contributed by atoms with Gasteiger partial charge in [0.1, 0.15) is 23.5 Å². The normalized spacial score (nSPS) is 22.7. The molecule has 0 radical (unpaired) electrons. The number of aliphatic hydroxyl groups excluding tert-OH is 1. The van der Waals surface area contributed by atoms with Crippen molar-refractivity contribution in [1.82, 2.24) is 14.5 Å². The lowest BCUT2D eigenvalue weighted by Gasteiger charge is -2.40. The molecule has 0 amide bonds. The topological polar surface area (TPSA) is 96.0 Å². The van der Waals surface area contributed by atoms with Gasteiger partial charge < -0.3 is 24.7 Å². The van der Waals surface area contributed by atoms with Gasteiger partial charge >= 0.3 is 0 Å². The maximum absolute atomic E-state index is 9.89. The lowest BCUT2D eigenvalue weighted by molar-refractivity contribution is 0.175. The second kappa shape index (κ2) is 9.28. The minimum Gasteiger partial charge on any atom is -0.443 e. The number of likely N-dealkylation sites (tertiary alicyclic amines) is 1. The van der Waals surface area contributed by atoms with Crippen LogP contribution in [0.5, 0.6) is 0 Å². The Morgan fingerprint density at radius 1 is 1.29 bits per heavy atom. The summed E-state index contributed by atoms with van der Waals surface area (Å²) in [6, 6.07) is 8.23. The molecule has 9 heteroatoms. The Balaban J connectivity index is 1.56. The fourth-order valence-electron chi connectivity index (χ4n) is 5.10. The molecule has 8 nitrogen and oxygen atoms in total. The van der Waals surface area contributed by atoms with Crippen LogP contribution in [0.1, 0.15) is 37.1 Å². The predicted octanol–water partition coefficient (Wildman–Crippen LogP) is 3.97. The lowest BCUT2D eigenvalue weighted by atomic mass is 10.0. The number of aliphatic hydroxyl groups is 1. The van der Waals surface area contributed by atoms with Crippen LogP contribution in [0.4, 0.5) is 5.69 Å². The van der Waals surface area contributed by atoms with Gasteiger partial charge in [-0.25, -0.2) is 4.98 Å². The molecule has 2 aliphatic rings. The highest BCUT2D eigenvalue weighted by atomic mass is 35.5. The molecule has 0 aliphatic carbocycles. The summed E-state index contributed by atoms with van der Waals surface area (Å²) in [5.74, 6) is 1.35. The largest absolute Gasteiger partial charge is 0.443 e. The molecule has 3 N–H and O–H groups in total. The third-order valence-electron chi connectivity index (χ3n) is 6.73. The van der Waals surface area contributed by atoms with E-state index in [1.54, 1.807) is 19.5 Å². The molecule has 184 valence electrons. The van der Waals surface area contributed by atoms with E-state index in [0.717, 1.165) is 53.5 Å². The Bertz CT molecular complexity index is 1280. The van der Waals surface area contributed by atoms with Crippen LogP contribution in [0.3, 0.4) is 0 Å². The fourth-order valence-corrected chi connectivity index (χ4v) is 5.38. The van der Waals surface area contributed by atoms with Crippen molar-refractivity contribution in [2.75, 3.05) is 25.0 Å². The number of anilines is 1. The van der Waals surface area contributed by atoms with Crippen molar-refractivity contribution in [2.24, 2.45) is 10.7 Å². The van der Waals surface area contributed by atoms with Crippen LogP contribution in [-0.4, -0.2) is 57.3 Å². The maximum Gasteiger partial charge on any atom is 0.243 e. The Morgan fingerprint density at radius 2 is 2.06 bits per heavy atom. The standard InChI is InChI=1S/C26H31ClN6O2/c1-17(29-3)33-23-13-24(25-30-7-9-35-25)32(22(23)4-6-26(33,2)28)15-19-10-18(11-20(27)12-19)14-31-8-5-21(34)16-31/h4,6-7,9-13,21,34H,5,8,14-16,28H2,1-3H3. The number of fused-ring (bicyclic) bond motifs is 1. The van der Waals surface area contributed by atoms with E-state index < -0.39 is 5.66 Å². The number of nitrogens with zero attached hydrogens (tertiary/aromatic N) is 5. The van der Waals surface area contributed by atoms with E-state index in [0.29, 0.717) is 24.0 Å². The number of halogens is 1. The highest BCUT2D eigenvalue weighted by Crippen LogP contribution is 2.39. The molecule has 0 saturated carbocycles. The first-order valence-corrected chi connectivity index (χ1v) is 12.2. The first-order chi connectivity index (χ1) is 16.7. The fraction of sp³-hybridized carbons (Fsp3) is 0.385. The second-order valence-corrected chi connectivity index (χ2v) is 9.97. The Morgan fingerprint density at radius 3 is 2.71 bits per heavy atom. The van der Waals surface area contributed by atoms with E-state index in [2.05, 4.69) is 37.7 Å².